The van der Waals surface area contributed by atoms with Crippen molar-refractivity contribution in [3.63, 3.8) is 0 Å². The highest BCUT2D eigenvalue weighted by Gasteiger charge is 2.07. The number of hydrogen-bond acceptors (Lipinski definition) is 2. The molecule has 1 unspecified atom stereocenters. The van der Waals surface area contributed by atoms with E-state index < -0.39 is 0 Å². The van der Waals surface area contributed by atoms with Crippen LogP contribution in [-0.2, 0) is 9.53 Å². The molecule has 0 aliphatic carbocycles. The predicted molar refractivity (Wildman–Crippen MR) is 58.2 cm³/mol. The number of carbonyl (C=O) groups is 1. The molecule has 0 saturated carbocycles. The second-order valence-corrected chi connectivity index (χ2v) is 3.55. The van der Waals surface area contributed by atoms with E-state index in [2.05, 4.69) is 12.2 Å². The predicted octanol–water partition coefficient (Wildman–Crippen LogP) is 2.11. The van der Waals surface area contributed by atoms with Gasteiger partial charge in [0, 0.05) is 20.1 Å². The van der Waals surface area contributed by atoms with Crippen LogP contribution in [0.15, 0.2) is 0 Å². The summed E-state index contributed by atoms with van der Waals surface area (Å²) in [6.07, 6.45) is 5.04. The van der Waals surface area contributed by atoms with E-state index >= 15 is 0 Å². The minimum atomic E-state index is 0.131. The summed E-state index contributed by atoms with van der Waals surface area (Å²) < 4.78 is 5.27. The zero-order valence-electron chi connectivity index (χ0n) is 9.64. The van der Waals surface area contributed by atoms with Gasteiger partial charge < -0.3 is 10.1 Å². The third-order valence-electron chi connectivity index (χ3n) is 2.22. The van der Waals surface area contributed by atoms with Crippen LogP contribution >= 0.6 is 0 Å². The fourth-order valence-electron chi connectivity index (χ4n) is 1.28. The maximum absolute atomic E-state index is 11.2. The highest BCUT2D eigenvalue weighted by molar-refractivity contribution is 5.75. The Labute approximate surface area is 87.2 Å². The van der Waals surface area contributed by atoms with Gasteiger partial charge in [0.25, 0.3) is 0 Å². The first-order chi connectivity index (χ1) is 6.74. The molecular formula is C11H23NO2. The molecule has 1 atom stereocenters. The van der Waals surface area contributed by atoms with Crippen LogP contribution in [0.3, 0.4) is 0 Å². The summed E-state index contributed by atoms with van der Waals surface area (Å²) in [6.45, 7) is 4.81. The molecule has 84 valence electrons. The summed E-state index contributed by atoms with van der Waals surface area (Å²) in [6, 6.07) is 0. The first-order valence-electron chi connectivity index (χ1n) is 5.54. The molecule has 0 aliphatic heterocycles. The summed E-state index contributed by atoms with van der Waals surface area (Å²) >= 11 is 0. The molecule has 3 heteroatoms. The van der Waals surface area contributed by atoms with E-state index in [1.54, 1.807) is 7.11 Å². The van der Waals surface area contributed by atoms with Crippen LogP contribution in [0.25, 0.3) is 0 Å². The van der Waals surface area contributed by atoms with Crippen molar-refractivity contribution in [2.75, 3.05) is 13.7 Å². The molecule has 1 N–H and O–H groups in total. The Morgan fingerprint density at radius 3 is 2.57 bits per heavy atom. The van der Waals surface area contributed by atoms with Crippen molar-refractivity contribution in [1.82, 2.24) is 5.32 Å². The molecule has 0 aromatic carbocycles. The average molecular weight is 201 g/mol. The number of amides is 1. The minimum absolute atomic E-state index is 0.131. The third-order valence-corrected chi connectivity index (χ3v) is 2.22. The van der Waals surface area contributed by atoms with Crippen molar-refractivity contribution >= 4 is 5.91 Å². The first kappa shape index (κ1) is 13.4. The van der Waals surface area contributed by atoms with Gasteiger partial charge in [0.05, 0.1) is 6.10 Å². The number of ether oxygens (including phenoxy) is 1. The van der Waals surface area contributed by atoms with Gasteiger partial charge in [-0.2, -0.15) is 0 Å². The van der Waals surface area contributed by atoms with Gasteiger partial charge in [-0.3, -0.25) is 4.79 Å². The van der Waals surface area contributed by atoms with Crippen molar-refractivity contribution in [2.24, 2.45) is 0 Å². The number of nitrogens with one attached hydrogen (secondary N) is 1. The van der Waals surface area contributed by atoms with E-state index in [0.717, 1.165) is 19.3 Å². The number of carbonyl (C=O) groups excluding carboxylic acids is 1. The Kier molecular flexibility index (Phi) is 8.64. The van der Waals surface area contributed by atoms with Crippen molar-refractivity contribution in [3.05, 3.63) is 0 Å². The monoisotopic (exact) mass is 201 g/mol. The lowest BCUT2D eigenvalue weighted by Gasteiger charge is -2.15. The van der Waals surface area contributed by atoms with Crippen LogP contribution in [0.2, 0.25) is 0 Å². The smallest absolute Gasteiger partial charge is 0.220 e. The highest BCUT2D eigenvalue weighted by atomic mass is 16.5. The normalized spacial score (nSPS) is 12.5. The summed E-state index contributed by atoms with van der Waals surface area (Å²) in [5, 5.41) is 2.88. The van der Waals surface area contributed by atoms with Crippen LogP contribution in [0.4, 0.5) is 0 Å². The van der Waals surface area contributed by atoms with Gasteiger partial charge in [0.2, 0.25) is 5.91 Å². The third kappa shape index (κ3) is 6.89. The van der Waals surface area contributed by atoms with Gasteiger partial charge in [-0.05, 0) is 12.8 Å². The number of unbranched alkanes of at least 4 members (excludes halogenated alkanes) is 1. The SMILES string of the molecule is CCCCC(CNC(=O)CCC)OC. The maximum Gasteiger partial charge on any atom is 0.220 e. The second kappa shape index (κ2) is 9.00. The molecular weight excluding hydrogens is 178 g/mol. The fraction of sp³-hybridized carbons (Fsp3) is 0.909. The number of rotatable bonds is 8. The molecule has 0 aromatic heterocycles. The molecule has 0 aliphatic rings. The van der Waals surface area contributed by atoms with Crippen LogP contribution in [0.1, 0.15) is 46.0 Å². The lowest BCUT2D eigenvalue weighted by atomic mass is 10.1. The molecule has 1 amide bonds. The van der Waals surface area contributed by atoms with Crippen LogP contribution in [0.5, 0.6) is 0 Å². The molecule has 0 saturated heterocycles. The van der Waals surface area contributed by atoms with Crippen LogP contribution < -0.4 is 5.32 Å². The Hall–Kier alpha value is -0.570. The van der Waals surface area contributed by atoms with Gasteiger partial charge in [-0.25, -0.2) is 0 Å². The average Bonchev–Trinajstić information content (AvgIpc) is 2.19. The second-order valence-electron chi connectivity index (χ2n) is 3.55. The largest absolute Gasteiger partial charge is 0.380 e. The Morgan fingerprint density at radius 2 is 2.07 bits per heavy atom. The summed E-state index contributed by atoms with van der Waals surface area (Å²) in [5.74, 6) is 0.131. The molecule has 14 heavy (non-hydrogen) atoms. The van der Waals surface area contributed by atoms with Crippen molar-refractivity contribution in [2.45, 2.75) is 52.1 Å². The maximum atomic E-state index is 11.2. The van der Waals surface area contributed by atoms with Gasteiger partial charge in [0.15, 0.2) is 0 Å². The number of hydrogen-bond donors (Lipinski definition) is 1. The van der Waals surface area contributed by atoms with Gasteiger partial charge in [-0.1, -0.05) is 26.7 Å². The van der Waals surface area contributed by atoms with E-state index in [0.29, 0.717) is 13.0 Å². The fourth-order valence-corrected chi connectivity index (χ4v) is 1.28. The highest BCUT2D eigenvalue weighted by Crippen LogP contribution is 2.02. The molecule has 3 nitrogen and oxygen atoms in total. The van der Waals surface area contributed by atoms with E-state index in [9.17, 15) is 4.79 Å². The topological polar surface area (TPSA) is 38.3 Å². The van der Waals surface area contributed by atoms with Gasteiger partial charge >= 0.3 is 0 Å². The Bertz CT molecular complexity index is 148. The Balaban J connectivity index is 3.55. The van der Waals surface area contributed by atoms with Gasteiger partial charge in [-0.15, -0.1) is 0 Å². The Morgan fingerprint density at radius 1 is 1.36 bits per heavy atom. The van der Waals surface area contributed by atoms with Gasteiger partial charge in [0.1, 0.15) is 0 Å². The lowest BCUT2D eigenvalue weighted by molar-refractivity contribution is -0.121. The molecule has 0 rings (SSSR count). The van der Waals surface area contributed by atoms with E-state index in [4.69, 9.17) is 4.74 Å². The zero-order valence-corrected chi connectivity index (χ0v) is 9.64. The lowest BCUT2D eigenvalue weighted by Crippen LogP contribution is -2.32. The van der Waals surface area contributed by atoms with Crippen molar-refractivity contribution in [1.29, 1.82) is 0 Å². The molecule has 0 spiro atoms. The molecule has 0 aromatic rings. The standard InChI is InChI=1S/C11H23NO2/c1-4-6-8-10(14-3)9-12-11(13)7-5-2/h10H,4-9H2,1-3H3,(H,12,13). The van der Waals surface area contributed by atoms with Crippen LogP contribution in [0, 0.1) is 0 Å². The molecule has 0 radical (unpaired) electrons. The van der Waals surface area contributed by atoms with Crippen molar-refractivity contribution in [3.8, 4) is 0 Å². The summed E-state index contributed by atoms with van der Waals surface area (Å²) in [5.41, 5.74) is 0. The minimum Gasteiger partial charge on any atom is -0.380 e. The zero-order chi connectivity index (χ0) is 10.8. The van der Waals surface area contributed by atoms with E-state index in [1.807, 2.05) is 6.92 Å². The summed E-state index contributed by atoms with van der Waals surface area (Å²) in [4.78, 5) is 11.2. The first-order valence-corrected chi connectivity index (χ1v) is 5.54. The van der Waals surface area contributed by atoms with E-state index in [-0.39, 0.29) is 12.0 Å². The quantitative estimate of drug-likeness (QED) is 0.653. The molecule has 0 bridgehead atoms. The molecule has 0 fully saturated rings. The molecule has 0 heterocycles. The van der Waals surface area contributed by atoms with Crippen molar-refractivity contribution < 1.29 is 9.53 Å². The van der Waals surface area contributed by atoms with Crippen LogP contribution in [-0.4, -0.2) is 25.7 Å². The number of methoxy groups -OCH3 is 1. The summed E-state index contributed by atoms with van der Waals surface area (Å²) in [7, 11) is 1.70. The van der Waals surface area contributed by atoms with E-state index in [1.165, 1.54) is 6.42 Å².